The third kappa shape index (κ3) is 5.07. The van der Waals surface area contributed by atoms with Crippen LogP contribution in [0.1, 0.15) is 18.9 Å². The van der Waals surface area contributed by atoms with Crippen molar-refractivity contribution in [2.24, 2.45) is 0 Å². The fourth-order valence-corrected chi connectivity index (χ4v) is 2.34. The Bertz CT molecular complexity index is 593. The van der Waals surface area contributed by atoms with Gasteiger partial charge in [0.25, 0.3) is 0 Å². The fourth-order valence-electron chi connectivity index (χ4n) is 2.34. The molecule has 0 radical (unpaired) electrons. The molecule has 0 bridgehead atoms. The molecule has 0 fully saturated rings. The molecular formula is C18H23N3O2. The van der Waals surface area contributed by atoms with Crippen LogP contribution in [0.2, 0.25) is 0 Å². The first-order valence-corrected chi connectivity index (χ1v) is 7.87. The molecule has 1 aromatic heterocycles. The summed E-state index contributed by atoms with van der Waals surface area (Å²) in [7, 11) is 0. The Hall–Kier alpha value is -2.40. The van der Waals surface area contributed by atoms with Crippen LogP contribution in [0.4, 0.5) is 4.79 Å². The molecule has 0 atom stereocenters. The SMILES string of the molecule is CCCN(CCO)C(=O)NCc1ccc(-c2cccnc2)cc1. The highest BCUT2D eigenvalue weighted by atomic mass is 16.3. The molecule has 2 aromatic rings. The third-order valence-corrected chi connectivity index (χ3v) is 3.54. The maximum atomic E-state index is 12.1. The van der Waals surface area contributed by atoms with Gasteiger partial charge in [-0.1, -0.05) is 37.3 Å². The largest absolute Gasteiger partial charge is 0.395 e. The number of urea groups is 1. The summed E-state index contributed by atoms with van der Waals surface area (Å²) in [6, 6.07) is 11.8. The van der Waals surface area contributed by atoms with Crippen molar-refractivity contribution in [3.63, 3.8) is 0 Å². The number of hydrogen-bond acceptors (Lipinski definition) is 3. The second-order valence-corrected chi connectivity index (χ2v) is 5.31. The van der Waals surface area contributed by atoms with Crippen LogP contribution in [0.3, 0.4) is 0 Å². The number of nitrogens with zero attached hydrogens (tertiary/aromatic N) is 2. The van der Waals surface area contributed by atoms with Crippen LogP contribution in [-0.4, -0.2) is 40.7 Å². The fraction of sp³-hybridized carbons (Fsp3) is 0.333. The predicted molar refractivity (Wildman–Crippen MR) is 90.9 cm³/mol. The van der Waals surface area contributed by atoms with Crippen molar-refractivity contribution in [1.82, 2.24) is 15.2 Å². The van der Waals surface area contributed by atoms with E-state index in [9.17, 15) is 4.79 Å². The average Bonchev–Trinajstić information content (AvgIpc) is 2.61. The van der Waals surface area contributed by atoms with Gasteiger partial charge in [-0.3, -0.25) is 4.98 Å². The van der Waals surface area contributed by atoms with E-state index in [4.69, 9.17) is 5.11 Å². The number of aliphatic hydroxyl groups excluding tert-OH is 1. The molecule has 1 aromatic carbocycles. The molecule has 23 heavy (non-hydrogen) atoms. The van der Waals surface area contributed by atoms with Crippen molar-refractivity contribution < 1.29 is 9.90 Å². The average molecular weight is 313 g/mol. The molecule has 0 spiro atoms. The van der Waals surface area contributed by atoms with Crippen molar-refractivity contribution in [2.75, 3.05) is 19.7 Å². The number of rotatable bonds is 7. The van der Waals surface area contributed by atoms with E-state index in [1.54, 1.807) is 11.1 Å². The van der Waals surface area contributed by atoms with E-state index in [1.807, 2.05) is 49.5 Å². The molecular weight excluding hydrogens is 290 g/mol. The zero-order valence-electron chi connectivity index (χ0n) is 13.4. The molecule has 1 heterocycles. The smallest absolute Gasteiger partial charge is 0.317 e. The summed E-state index contributed by atoms with van der Waals surface area (Å²) >= 11 is 0. The van der Waals surface area contributed by atoms with Gasteiger partial charge in [-0.2, -0.15) is 0 Å². The standard InChI is InChI=1S/C18H23N3O2/c1-2-10-21(11-12-22)18(23)20-13-15-5-7-16(8-6-15)17-4-3-9-19-14-17/h3-9,14,22H,2,10-13H2,1H3,(H,20,23). The lowest BCUT2D eigenvalue weighted by atomic mass is 10.1. The van der Waals surface area contributed by atoms with Gasteiger partial charge < -0.3 is 15.3 Å². The minimum absolute atomic E-state index is 0.0206. The van der Waals surface area contributed by atoms with E-state index in [-0.39, 0.29) is 12.6 Å². The molecule has 0 aliphatic carbocycles. The highest BCUT2D eigenvalue weighted by Crippen LogP contribution is 2.18. The highest BCUT2D eigenvalue weighted by molar-refractivity contribution is 5.74. The Morgan fingerprint density at radius 1 is 1.17 bits per heavy atom. The van der Waals surface area contributed by atoms with Gasteiger partial charge >= 0.3 is 6.03 Å². The lowest BCUT2D eigenvalue weighted by molar-refractivity contribution is 0.177. The van der Waals surface area contributed by atoms with E-state index in [2.05, 4.69) is 10.3 Å². The monoisotopic (exact) mass is 313 g/mol. The summed E-state index contributed by atoms with van der Waals surface area (Å²) in [5.41, 5.74) is 3.20. The zero-order valence-corrected chi connectivity index (χ0v) is 13.4. The Kier molecular flexibility index (Phi) is 6.56. The molecule has 122 valence electrons. The summed E-state index contributed by atoms with van der Waals surface area (Å²) in [6.07, 6.45) is 4.45. The minimum Gasteiger partial charge on any atom is -0.395 e. The summed E-state index contributed by atoms with van der Waals surface area (Å²) < 4.78 is 0. The second kappa shape index (κ2) is 8.90. The van der Waals surface area contributed by atoms with Gasteiger partial charge in [-0.05, 0) is 29.2 Å². The van der Waals surface area contributed by atoms with Crippen molar-refractivity contribution in [1.29, 1.82) is 0 Å². The van der Waals surface area contributed by atoms with Crippen LogP contribution in [0, 0.1) is 0 Å². The van der Waals surface area contributed by atoms with Crippen LogP contribution >= 0.6 is 0 Å². The first-order chi connectivity index (χ1) is 11.2. The van der Waals surface area contributed by atoms with E-state index in [0.717, 1.165) is 23.1 Å². The van der Waals surface area contributed by atoms with Crippen molar-refractivity contribution >= 4 is 6.03 Å². The lowest BCUT2D eigenvalue weighted by Gasteiger charge is -2.21. The molecule has 0 saturated carbocycles. The van der Waals surface area contributed by atoms with Gasteiger partial charge in [-0.25, -0.2) is 4.79 Å². The van der Waals surface area contributed by atoms with Gasteiger partial charge in [0.1, 0.15) is 0 Å². The van der Waals surface area contributed by atoms with Crippen LogP contribution in [0.25, 0.3) is 11.1 Å². The molecule has 5 heteroatoms. The molecule has 2 N–H and O–H groups in total. The van der Waals surface area contributed by atoms with Gasteiger partial charge in [-0.15, -0.1) is 0 Å². The van der Waals surface area contributed by atoms with Gasteiger partial charge in [0.15, 0.2) is 0 Å². The van der Waals surface area contributed by atoms with E-state index < -0.39 is 0 Å². The quantitative estimate of drug-likeness (QED) is 0.826. The third-order valence-electron chi connectivity index (χ3n) is 3.54. The lowest BCUT2D eigenvalue weighted by Crippen LogP contribution is -2.41. The van der Waals surface area contributed by atoms with Crippen LogP contribution < -0.4 is 5.32 Å². The zero-order chi connectivity index (χ0) is 16.5. The molecule has 5 nitrogen and oxygen atoms in total. The number of carbonyl (C=O) groups is 1. The minimum atomic E-state index is -0.141. The number of aliphatic hydroxyl groups is 1. The predicted octanol–water partition coefficient (Wildman–Crippen LogP) is 2.66. The first-order valence-electron chi connectivity index (χ1n) is 7.87. The van der Waals surface area contributed by atoms with Gasteiger partial charge in [0.2, 0.25) is 0 Å². The molecule has 2 amide bonds. The molecule has 0 saturated heterocycles. The van der Waals surface area contributed by atoms with Gasteiger partial charge in [0, 0.05) is 32.0 Å². The van der Waals surface area contributed by atoms with Crippen LogP contribution in [0.15, 0.2) is 48.8 Å². The Morgan fingerprint density at radius 3 is 2.57 bits per heavy atom. The topological polar surface area (TPSA) is 65.5 Å². The molecule has 0 aliphatic heterocycles. The van der Waals surface area contributed by atoms with Crippen molar-refractivity contribution in [3.05, 3.63) is 54.4 Å². The number of aromatic nitrogens is 1. The van der Waals surface area contributed by atoms with Crippen molar-refractivity contribution in [2.45, 2.75) is 19.9 Å². The maximum absolute atomic E-state index is 12.1. The Balaban J connectivity index is 1.92. The number of hydrogen-bond donors (Lipinski definition) is 2. The molecule has 0 unspecified atom stereocenters. The summed E-state index contributed by atoms with van der Waals surface area (Å²) in [4.78, 5) is 17.8. The number of nitrogens with one attached hydrogen (secondary N) is 1. The number of carbonyl (C=O) groups excluding carboxylic acids is 1. The van der Waals surface area contributed by atoms with E-state index in [1.165, 1.54) is 0 Å². The maximum Gasteiger partial charge on any atom is 0.317 e. The van der Waals surface area contributed by atoms with Gasteiger partial charge in [0.05, 0.1) is 6.61 Å². The number of amides is 2. The van der Waals surface area contributed by atoms with E-state index >= 15 is 0 Å². The number of benzene rings is 1. The summed E-state index contributed by atoms with van der Waals surface area (Å²) in [6.45, 7) is 3.46. The Labute approximate surface area is 137 Å². The second-order valence-electron chi connectivity index (χ2n) is 5.31. The summed E-state index contributed by atoms with van der Waals surface area (Å²) in [5.74, 6) is 0. The van der Waals surface area contributed by atoms with Crippen molar-refractivity contribution in [3.8, 4) is 11.1 Å². The van der Waals surface area contributed by atoms with Crippen LogP contribution in [0.5, 0.6) is 0 Å². The molecule has 0 aliphatic rings. The number of pyridine rings is 1. The summed E-state index contributed by atoms with van der Waals surface area (Å²) in [5, 5.41) is 11.9. The van der Waals surface area contributed by atoms with Crippen LogP contribution in [-0.2, 0) is 6.54 Å². The Morgan fingerprint density at radius 2 is 1.96 bits per heavy atom. The highest BCUT2D eigenvalue weighted by Gasteiger charge is 2.11. The normalized spacial score (nSPS) is 10.3. The first kappa shape index (κ1) is 17.0. The van der Waals surface area contributed by atoms with E-state index in [0.29, 0.717) is 19.6 Å². The molecule has 2 rings (SSSR count).